The number of primary amides is 1. The van der Waals surface area contributed by atoms with E-state index in [1.165, 1.54) is 12.3 Å². The van der Waals surface area contributed by atoms with E-state index in [1.807, 2.05) is 44.2 Å². The van der Waals surface area contributed by atoms with Gasteiger partial charge in [0, 0.05) is 35.6 Å². The fraction of sp³-hybridized carbons (Fsp3) is 0.143. The van der Waals surface area contributed by atoms with E-state index < -0.39 is 11.7 Å². The van der Waals surface area contributed by atoms with Crippen molar-refractivity contribution in [2.45, 2.75) is 26.4 Å². The van der Waals surface area contributed by atoms with Crippen LogP contribution in [0.1, 0.15) is 40.1 Å². The highest BCUT2D eigenvalue weighted by Gasteiger charge is 2.25. The molecule has 7 nitrogen and oxygen atoms in total. The molecule has 36 heavy (non-hydrogen) atoms. The van der Waals surface area contributed by atoms with E-state index in [9.17, 15) is 14.0 Å². The highest BCUT2D eigenvalue weighted by atomic mass is 19.1. The maximum atomic E-state index is 14.9. The van der Waals surface area contributed by atoms with Crippen LogP contribution in [0.3, 0.4) is 0 Å². The molecule has 3 aromatic carbocycles. The van der Waals surface area contributed by atoms with Gasteiger partial charge in [-0.2, -0.15) is 0 Å². The molecule has 0 radical (unpaired) electrons. The lowest BCUT2D eigenvalue weighted by Crippen LogP contribution is -2.37. The summed E-state index contributed by atoms with van der Waals surface area (Å²) in [6, 6.07) is 22.2. The number of carbonyl (C=O) groups is 2. The highest BCUT2D eigenvalue weighted by Crippen LogP contribution is 2.28. The van der Waals surface area contributed by atoms with Crippen molar-refractivity contribution in [3.8, 4) is 11.3 Å². The van der Waals surface area contributed by atoms with Gasteiger partial charge in [-0.25, -0.2) is 14.4 Å². The number of anilines is 2. The predicted molar refractivity (Wildman–Crippen MR) is 137 cm³/mol. The van der Waals surface area contributed by atoms with Crippen molar-refractivity contribution in [2.75, 3.05) is 5.32 Å². The van der Waals surface area contributed by atoms with Gasteiger partial charge < -0.3 is 16.0 Å². The molecule has 0 saturated carbocycles. The Morgan fingerprint density at radius 2 is 1.72 bits per heavy atom. The number of hydrogen-bond donors (Lipinski definition) is 2. The summed E-state index contributed by atoms with van der Waals surface area (Å²) >= 11 is 0. The van der Waals surface area contributed by atoms with Crippen molar-refractivity contribution >= 4 is 23.5 Å². The van der Waals surface area contributed by atoms with Crippen molar-refractivity contribution < 1.29 is 14.0 Å². The second kappa shape index (κ2) is 10.8. The van der Waals surface area contributed by atoms with Crippen LogP contribution in [0.4, 0.5) is 16.0 Å². The topological polar surface area (TPSA) is 101 Å². The number of halogens is 1. The SMILES string of the molecule is CC(C)N(Cc1ccccc1)C(=O)c1cnc(Nc2cccc(C(N)=O)c2)nc1-c1ccccc1F. The maximum Gasteiger partial charge on any atom is 0.258 e. The molecule has 3 N–H and O–H groups in total. The molecule has 0 unspecified atom stereocenters. The summed E-state index contributed by atoms with van der Waals surface area (Å²) < 4.78 is 14.9. The number of nitrogens with zero attached hydrogens (tertiary/aromatic N) is 3. The maximum absolute atomic E-state index is 14.9. The first kappa shape index (κ1) is 24.5. The average Bonchev–Trinajstić information content (AvgIpc) is 2.88. The van der Waals surface area contributed by atoms with Crippen LogP contribution < -0.4 is 11.1 Å². The third-order valence-corrected chi connectivity index (χ3v) is 5.63. The number of amides is 2. The van der Waals surface area contributed by atoms with Crippen LogP contribution in [-0.2, 0) is 6.54 Å². The zero-order chi connectivity index (χ0) is 25.7. The van der Waals surface area contributed by atoms with E-state index in [0.717, 1.165) is 5.56 Å². The zero-order valence-electron chi connectivity index (χ0n) is 20.0. The number of hydrogen-bond acceptors (Lipinski definition) is 5. The largest absolute Gasteiger partial charge is 0.366 e. The molecule has 0 spiro atoms. The van der Waals surface area contributed by atoms with Gasteiger partial charge in [0.2, 0.25) is 11.9 Å². The number of aromatic nitrogens is 2. The molecule has 182 valence electrons. The van der Waals surface area contributed by atoms with Crippen LogP contribution in [0, 0.1) is 5.82 Å². The molecule has 0 aliphatic heterocycles. The number of carbonyl (C=O) groups excluding carboxylic acids is 2. The van der Waals surface area contributed by atoms with E-state index in [4.69, 9.17) is 5.73 Å². The third-order valence-electron chi connectivity index (χ3n) is 5.63. The Morgan fingerprint density at radius 3 is 2.42 bits per heavy atom. The fourth-order valence-electron chi connectivity index (χ4n) is 3.76. The number of nitrogens with two attached hydrogens (primary N) is 1. The number of rotatable bonds is 8. The Balaban J connectivity index is 1.75. The van der Waals surface area contributed by atoms with Gasteiger partial charge in [-0.3, -0.25) is 9.59 Å². The normalized spacial score (nSPS) is 10.8. The Bertz CT molecular complexity index is 1390. The van der Waals surface area contributed by atoms with Crippen LogP contribution in [0.25, 0.3) is 11.3 Å². The Morgan fingerprint density at radius 1 is 1.00 bits per heavy atom. The van der Waals surface area contributed by atoms with Crippen LogP contribution in [0.5, 0.6) is 0 Å². The molecule has 1 aromatic heterocycles. The Hall–Kier alpha value is -4.59. The molecule has 0 saturated heterocycles. The Kier molecular flexibility index (Phi) is 7.34. The summed E-state index contributed by atoms with van der Waals surface area (Å²) in [5, 5.41) is 3.01. The summed E-state index contributed by atoms with van der Waals surface area (Å²) in [6.45, 7) is 4.23. The van der Waals surface area contributed by atoms with Crippen molar-refractivity contribution in [1.29, 1.82) is 0 Å². The molecule has 1 heterocycles. The minimum absolute atomic E-state index is 0.125. The first-order valence-corrected chi connectivity index (χ1v) is 11.5. The first-order chi connectivity index (χ1) is 17.3. The number of benzene rings is 3. The van der Waals surface area contributed by atoms with E-state index >= 15 is 0 Å². The summed E-state index contributed by atoms with van der Waals surface area (Å²) in [6.07, 6.45) is 1.40. The smallest absolute Gasteiger partial charge is 0.258 e. The third kappa shape index (κ3) is 5.55. The standard InChI is InChI=1S/C28H26FN5O2/c1-18(2)34(17-19-9-4-3-5-10-19)27(36)23-16-31-28(32-21-12-8-11-20(15-21)26(30)35)33-25(23)22-13-6-7-14-24(22)29/h3-16,18H,17H2,1-2H3,(H2,30,35)(H,31,32,33). The van der Waals surface area contributed by atoms with Gasteiger partial charge in [0.05, 0.1) is 11.3 Å². The van der Waals surface area contributed by atoms with E-state index in [0.29, 0.717) is 17.8 Å². The van der Waals surface area contributed by atoms with Crippen LogP contribution in [0.2, 0.25) is 0 Å². The van der Waals surface area contributed by atoms with Gasteiger partial charge in [0.15, 0.2) is 0 Å². The van der Waals surface area contributed by atoms with E-state index in [1.54, 1.807) is 47.4 Å². The van der Waals surface area contributed by atoms with Crippen LogP contribution in [-0.4, -0.2) is 32.7 Å². The summed E-state index contributed by atoms with van der Waals surface area (Å²) in [7, 11) is 0. The minimum atomic E-state index is -0.570. The lowest BCUT2D eigenvalue weighted by Gasteiger charge is -2.27. The van der Waals surface area contributed by atoms with Crippen molar-refractivity contribution in [3.63, 3.8) is 0 Å². The van der Waals surface area contributed by atoms with Crippen LogP contribution >= 0.6 is 0 Å². The lowest BCUT2D eigenvalue weighted by atomic mass is 10.0. The van der Waals surface area contributed by atoms with Gasteiger partial charge in [-0.1, -0.05) is 48.5 Å². The molecule has 4 aromatic rings. The molecule has 0 aliphatic carbocycles. The minimum Gasteiger partial charge on any atom is -0.366 e. The molecule has 2 amide bonds. The highest BCUT2D eigenvalue weighted by molar-refractivity contribution is 6.00. The lowest BCUT2D eigenvalue weighted by molar-refractivity contribution is 0.0690. The van der Waals surface area contributed by atoms with Gasteiger partial charge in [0.25, 0.3) is 5.91 Å². The summed E-state index contributed by atoms with van der Waals surface area (Å²) in [5.41, 5.74) is 7.71. The molecule has 8 heteroatoms. The molecule has 0 atom stereocenters. The molecule has 4 rings (SSSR count). The summed E-state index contributed by atoms with van der Waals surface area (Å²) in [5.74, 6) is -1.24. The first-order valence-electron chi connectivity index (χ1n) is 11.5. The number of nitrogens with one attached hydrogen (secondary N) is 1. The second-order valence-electron chi connectivity index (χ2n) is 8.52. The molecule has 0 bridgehead atoms. The molecule has 0 aliphatic rings. The summed E-state index contributed by atoms with van der Waals surface area (Å²) in [4.78, 5) is 35.8. The molecule has 0 fully saturated rings. The van der Waals surface area contributed by atoms with E-state index in [-0.39, 0.29) is 34.7 Å². The molecular weight excluding hydrogens is 457 g/mol. The van der Waals surface area contributed by atoms with Crippen molar-refractivity contribution in [1.82, 2.24) is 14.9 Å². The van der Waals surface area contributed by atoms with Crippen molar-refractivity contribution in [3.05, 3.63) is 108 Å². The monoisotopic (exact) mass is 483 g/mol. The second-order valence-corrected chi connectivity index (χ2v) is 8.52. The van der Waals surface area contributed by atoms with Gasteiger partial charge >= 0.3 is 0 Å². The average molecular weight is 484 g/mol. The van der Waals surface area contributed by atoms with Crippen molar-refractivity contribution in [2.24, 2.45) is 5.73 Å². The van der Waals surface area contributed by atoms with Gasteiger partial charge in [-0.05, 0) is 49.7 Å². The van der Waals surface area contributed by atoms with Gasteiger partial charge in [0.1, 0.15) is 5.82 Å². The zero-order valence-corrected chi connectivity index (χ0v) is 20.0. The molecular formula is C28H26FN5O2. The van der Waals surface area contributed by atoms with Crippen LogP contribution in [0.15, 0.2) is 85.1 Å². The quantitative estimate of drug-likeness (QED) is 0.360. The Labute approximate surface area is 208 Å². The van der Waals surface area contributed by atoms with Gasteiger partial charge in [-0.15, -0.1) is 0 Å². The fourth-order valence-corrected chi connectivity index (χ4v) is 3.76. The predicted octanol–water partition coefficient (Wildman–Crippen LogP) is 5.18. The van der Waals surface area contributed by atoms with E-state index in [2.05, 4.69) is 15.3 Å².